The van der Waals surface area contributed by atoms with E-state index in [1.807, 2.05) is 18.2 Å². The van der Waals surface area contributed by atoms with Gasteiger partial charge < -0.3 is 14.8 Å². The molecule has 0 heterocycles. The maximum absolute atomic E-state index is 12.0. The predicted molar refractivity (Wildman–Crippen MR) is 100 cm³/mol. The van der Waals surface area contributed by atoms with Crippen LogP contribution >= 0.6 is 15.9 Å². The molecule has 0 fully saturated rings. The van der Waals surface area contributed by atoms with Crippen LogP contribution in [0.2, 0.25) is 0 Å². The first-order chi connectivity index (χ1) is 12.0. The summed E-state index contributed by atoms with van der Waals surface area (Å²) in [4.78, 5) is 23.6. The maximum atomic E-state index is 12.0. The topological polar surface area (TPSA) is 64.6 Å². The summed E-state index contributed by atoms with van der Waals surface area (Å²) in [5.74, 6) is -0.159. The summed E-state index contributed by atoms with van der Waals surface area (Å²) in [6, 6.07) is 12.4. The van der Waals surface area contributed by atoms with Crippen molar-refractivity contribution in [1.82, 2.24) is 0 Å². The molecule has 2 rings (SSSR count). The number of halogens is 1. The smallest absolute Gasteiger partial charge is 0.337 e. The molecule has 0 bridgehead atoms. The van der Waals surface area contributed by atoms with Crippen molar-refractivity contribution in [2.24, 2.45) is 0 Å². The average molecular weight is 406 g/mol. The lowest BCUT2D eigenvalue weighted by Crippen LogP contribution is -2.20. The number of esters is 1. The van der Waals surface area contributed by atoms with E-state index in [2.05, 4.69) is 32.9 Å². The molecule has 0 atom stereocenters. The second-order valence-corrected chi connectivity index (χ2v) is 6.28. The summed E-state index contributed by atoms with van der Waals surface area (Å²) in [5, 5.41) is 2.70. The number of methoxy groups -OCH3 is 1. The number of carbonyl (C=O) groups excluding carboxylic acids is 2. The van der Waals surface area contributed by atoms with Gasteiger partial charge in [0.05, 0.1) is 17.1 Å². The lowest BCUT2D eigenvalue weighted by molar-refractivity contribution is -0.118. The van der Waals surface area contributed by atoms with Gasteiger partial charge in [-0.05, 0) is 58.2 Å². The minimum atomic E-state index is -0.455. The minimum Gasteiger partial charge on any atom is -0.483 e. The number of anilines is 1. The summed E-state index contributed by atoms with van der Waals surface area (Å²) in [6.07, 6.45) is 2.07. The Kier molecular flexibility index (Phi) is 7.01. The van der Waals surface area contributed by atoms with Gasteiger partial charge in [-0.3, -0.25) is 4.79 Å². The molecule has 2 aromatic carbocycles. The molecule has 2 aromatic rings. The Bertz CT molecular complexity index is 761. The zero-order valence-electron chi connectivity index (χ0n) is 14.2. The van der Waals surface area contributed by atoms with Crippen LogP contribution in [-0.2, 0) is 16.0 Å². The maximum Gasteiger partial charge on any atom is 0.337 e. The molecular weight excluding hydrogens is 386 g/mol. The number of hydrogen-bond donors (Lipinski definition) is 1. The van der Waals surface area contributed by atoms with Crippen LogP contribution < -0.4 is 10.1 Å². The molecule has 25 heavy (non-hydrogen) atoms. The molecule has 132 valence electrons. The molecule has 0 aliphatic heterocycles. The average Bonchev–Trinajstić information content (AvgIpc) is 2.61. The fourth-order valence-corrected chi connectivity index (χ4v) is 2.83. The summed E-state index contributed by atoms with van der Waals surface area (Å²) in [6.45, 7) is 1.99. The van der Waals surface area contributed by atoms with Gasteiger partial charge in [-0.25, -0.2) is 4.79 Å². The number of carbonyl (C=O) groups is 2. The standard InChI is InChI=1S/C19H20BrNO4/c1-3-5-13-8-9-17(16(20)10-13)25-12-18(22)21-15-7-4-6-14(11-15)19(23)24-2/h4,6-11H,3,5,12H2,1-2H3,(H,21,22). The lowest BCUT2D eigenvalue weighted by atomic mass is 10.1. The summed E-state index contributed by atoms with van der Waals surface area (Å²) >= 11 is 3.46. The van der Waals surface area contributed by atoms with Crippen molar-refractivity contribution in [2.75, 3.05) is 19.0 Å². The van der Waals surface area contributed by atoms with Gasteiger partial charge >= 0.3 is 5.97 Å². The fraction of sp³-hybridized carbons (Fsp3) is 0.263. The molecular formula is C19H20BrNO4. The zero-order valence-corrected chi connectivity index (χ0v) is 15.8. The van der Waals surface area contributed by atoms with Crippen molar-refractivity contribution in [2.45, 2.75) is 19.8 Å². The second kappa shape index (κ2) is 9.22. The molecule has 0 saturated heterocycles. The van der Waals surface area contributed by atoms with Crippen molar-refractivity contribution in [3.05, 3.63) is 58.1 Å². The highest BCUT2D eigenvalue weighted by Gasteiger charge is 2.09. The van der Waals surface area contributed by atoms with Gasteiger partial charge in [-0.15, -0.1) is 0 Å². The van der Waals surface area contributed by atoms with E-state index >= 15 is 0 Å². The fourth-order valence-electron chi connectivity index (χ4n) is 2.29. The number of benzene rings is 2. The van der Waals surface area contributed by atoms with Crippen LogP contribution in [-0.4, -0.2) is 25.6 Å². The number of amides is 1. The number of rotatable bonds is 7. The monoisotopic (exact) mass is 405 g/mol. The van der Waals surface area contributed by atoms with Crippen LogP contribution in [0, 0.1) is 0 Å². The van der Waals surface area contributed by atoms with Gasteiger partial charge in [0.1, 0.15) is 5.75 Å². The number of hydrogen-bond acceptors (Lipinski definition) is 4. The van der Waals surface area contributed by atoms with Gasteiger partial charge in [0.25, 0.3) is 5.91 Å². The molecule has 0 unspecified atom stereocenters. The third-order valence-electron chi connectivity index (χ3n) is 3.46. The van der Waals surface area contributed by atoms with Crippen LogP contribution in [0.1, 0.15) is 29.3 Å². The van der Waals surface area contributed by atoms with Crippen molar-refractivity contribution in [3.8, 4) is 5.75 Å². The largest absolute Gasteiger partial charge is 0.483 e. The Balaban J connectivity index is 1.94. The van der Waals surface area contributed by atoms with Gasteiger partial charge in [0.2, 0.25) is 0 Å². The first kappa shape index (κ1) is 19.0. The zero-order chi connectivity index (χ0) is 18.2. The van der Waals surface area contributed by atoms with Crippen LogP contribution in [0.5, 0.6) is 5.75 Å². The molecule has 6 heteroatoms. The van der Waals surface area contributed by atoms with E-state index in [1.165, 1.54) is 12.7 Å². The first-order valence-electron chi connectivity index (χ1n) is 7.93. The second-order valence-electron chi connectivity index (χ2n) is 5.42. The van der Waals surface area contributed by atoms with E-state index in [-0.39, 0.29) is 12.5 Å². The van der Waals surface area contributed by atoms with E-state index in [0.717, 1.165) is 17.3 Å². The van der Waals surface area contributed by atoms with E-state index in [0.29, 0.717) is 17.0 Å². The molecule has 0 spiro atoms. The van der Waals surface area contributed by atoms with E-state index in [9.17, 15) is 9.59 Å². The number of ether oxygens (including phenoxy) is 2. The van der Waals surface area contributed by atoms with Crippen molar-refractivity contribution < 1.29 is 19.1 Å². The van der Waals surface area contributed by atoms with Crippen LogP contribution in [0.4, 0.5) is 5.69 Å². The molecule has 5 nitrogen and oxygen atoms in total. The summed E-state index contributed by atoms with van der Waals surface area (Å²) < 4.78 is 11.0. The highest BCUT2D eigenvalue weighted by atomic mass is 79.9. The number of nitrogens with one attached hydrogen (secondary N) is 1. The van der Waals surface area contributed by atoms with Gasteiger partial charge in [0, 0.05) is 5.69 Å². The molecule has 0 aliphatic rings. The molecule has 1 amide bonds. The third-order valence-corrected chi connectivity index (χ3v) is 4.08. The van der Waals surface area contributed by atoms with Crippen LogP contribution in [0.3, 0.4) is 0 Å². The lowest BCUT2D eigenvalue weighted by Gasteiger charge is -2.10. The van der Waals surface area contributed by atoms with Crippen molar-refractivity contribution in [1.29, 1.82) is 0 Å². The number of aryl methyl sites for hydroxylation is 1. The molecule has 0 radical (unpaired) electrons. The van der Waals surface area contributed by atoms with E-state index in [4.69, 9.17) is 4.74 Å². The predicted octanol–water partition coefficient (Wildman–Crippen LogP) is 4.21. The first-order valence-corrected chi connectivity index (χ1v) is 8.72. The van der Waals surface area contributed by atoms with E-state index in [1.54, 1.807) is 24.3 Å². The van der Waals surface area contributed by atoms with Crippen LogP contribution in [0.25, 0.3) is 0 Å². The van der Waals surface area contributed by atoms with Crippen molar-refractivity contribution in [3.63, 3.8) is 0 Å². The van der Waals surface area contributed by atoms with Gasteiger partial charge in [0.15, 0.2) is 6.61 Å². The normalized spacial score (nSPS) is 10.2. The highest BCUT2D eigenvalue weighted by Crippen LogP contribution is 2.26. The van der Waals surface area contributed by atoms with Crippen molar-refractivity contribution >= 4 is 33.5 Å². The highest BCUT2D eigenvalue weighted by molar-refractivity contribution is 9.10. The minimum absolute atomic E-state index is 0.131. The molecule has 0 aromatic heterocycles. The SMILES string of the molecule is CCCc1ccc(OCC(=O)Nc2cccc(C(=O)OC)c2)c(Br)c1. The molecule has 0 aliphatic carbocycles. The Labute approximate surface area is 155 Å². The summed E-state index contributed by atoms with van der Waals surface area (Å²) in [5.41, 5.74) is 2.09. The Morgan fingerprint density at radius 3 is 2.64 bits per heavy atom. The Hall–Kier alpha value is -2.34. The van der Waals surface area contributed by atoms with Gasteiger partial charge in [-0.1, -0.05) is 25.5 Å². The Morgan fingerprint density at radius 1 is 1.16 bits per heavy atom. The third kappa shape index (κ3) is 5.60. The van der Waals surface area contributed by atoms with E-state index < -0.39 is 5.97 Å². The van der Waals surface area contributed by atoms with Crippen LogP contribution in [0.15, 0.2) is 46.9 Å². The summed E-state index contributed by atoms with van der Waals surface area (Å²) in [7, 11) is 1.31. The quantitative estimate of drug-likeness (QED) is 0.700. The molecule has 1 N–H and O–H groups in total. The van der Waals surface area contributed by atoms with Gasteiger partial charge in [-0.2, -0.15) is 0 Å². The molecule has 0 saturated carbocycles. The Morgan fingerprint density at radius 2 is 1.96 bits per heavy atom.